The second-order valence-corrected chi connectivity index (χ2v) is 6.33. The van der Waals surface area contributed by atoms with Crippen LogP contribution in [-0.2, 0) is 0 Å². The Hall–Kier alpha value is -3.08. The van der Waals surface area contributed by atoms with Crippen molar-refractivity contribution in [3.05, 3.63) is 59.8 Å². The van der Waals surface area contributed by atoms with Crippen LogP contribution in [0, 0.1) is 6.92 Å². The molecule has 0 aliphatic heterocycles. The summed E-state index contributed by atoms with van der Waals surface area (Å²) >= 11 is 0. The van der Waals surface area contributed by atoms with Crippen molar-refractivity contribution in [2.75, 3.05) is 30.5 Å². The molecule has 0 atom stereocenters. The highest BCUT2D eigenvalue weighted by Crippen LogP contribution is 2.27. The number of benzene rings is 2. The molecule has 0 radical (unpaired) electrons. The molecule has 1 heterocycles. The van der Waals surface area contributed by atoms with E-state index in [0.29, 0.717) is 0 Å². The lowest BCUT2D eigenvalue weighted by atomic mass is 10.1. The third kappa shape index (κ3) is 4.37. The molecule has 140 valence electrons. The summed E-state index contributed by atoms with van der Waals surface area (Å²) in [5, 5.41) is 5.40. The Balaban J connectivity index is 1.80. The topological polar surface area (TPSA) is 49.8 Å². The molecule has 1 aromatic heterocycles. The SMILES string of the molecule is CCN(CC)c1ccc(C=NNc2cc(C)nc3ccc(OC)cc23)cc1. The monoisotopic (exact) mass is 362 g/mol. The molecule has 1 N–H and O–H groups in total. The van der Waals surface area contributed by atoms with Gasteiger partial charge in [0.25, 0.3) is 0 Å². The fourth-order valence-corrected chi connectivity index (χ4v) is 3.09. The number of fused-ring (bicyclic) bond motifs is 1. The van der Waals surface area contributed by atoms with Gasteiger partial charge in [0.2, 0.25) is 0 Å². The van der Waals surface area contributed by atoms with E-state index in [4.69, 9.17) is 4.74 Å². The predicted octanol–water partition coefficient (Wildman–Crippen LogP) is 4.84. The van der Waals surface area contributed by atoms with Gasteiger partial charge in [0.05, 0.1) is 24.5 Å². The van der Waals surface area contributed by atoms with Gasteiger partial charge in [0, 0.05) is 29.9 Å². The number of methoxy groups -OCH3 is 1. The molecular formula is C22H26N4O. The minimum absolute atomic E-state index is 0.798. The molecule has 27 heavy (non-hydrogen) atoms. The molecule has 0 unspecified atom stereocenters. The lowest BCUT2D eigenvalue weighted by molar-refractivity contribution is 0.415. The molecule has 0 saturated heterocycles. The number of hydrogen-bond acceptors (Lipinski definition) is 5. The molecule has 0 fully saturated rings. The van der Waals surface area contributed by atoms with Crippen LogP contribution < -0.4 is 15.1 Å². The second kappa shape index (κ2) is 8.54. The number of aromatic nitrogens is 1. The van der Waals surface area contributed by atoms with E-state index in [1.165, 1.54) is 5.69 Å². The van der Waals surface area contributed by atoms with Crippen LogP contribution in [0.1, 0.15) is 25.1 Å². The molecule has 3 aromatic rings. The zero-order valence-corrected chi connectivity index (χ0v) is 16.4. The number of hydrazone groups is 1. The van der Waals surface area contributed by atoms with E-state index in [-0.39, 0.29) is 0 Å². The van der Waals surface area contributed by atoms with Crippen LogP contribution in [0.15, 0.2) is 53.6 Å². The Morgan fingerprint density at radius 2 is 1.81 bits per heavy atom. The molecule has 5 heteroatoms. The van der Waals surface area contributed by atoms with Gasteiger partial charge in [-0.1, -0.05) is 12.1 Å². The van der Waals surface area contributed by atoms with Gasteiger partial charge in [0.1, 0.15) is 5.75 Å². The van der Waals surface area contributed by atoms with E-state index >= 15 is 0 Å². The third-order valence-electron chi connectivity index (χ3n) is 4.56. The zero-order valence-electron chi connectivity index (χ0n) is 16.4. The summed E-state index contributed by atoms with van der Waals surface area (Å²) in [4.78, 5) is 6.89. The van der Waals surface area contributed by atoms with E-state index in [2.05, 4.69) is 58.5 Å². The second-order valence-electron chi connectivity index (χ2n) is 6.33. The fourth-order valence-electron chi connectivity index (χ4n) is 3.09. The molecule has 2 aromatic carbocycles. The summed E-state index contributed by atoms with van der Waals surface area (Å²) in [7, 11) is 1.66. The number of hydrogen-bond donors (Lipinski definition) is 1. The van der Waals surface area contributed by atoms with Gasteiger partial charge in [-0.2, -0.15) is 5.10 Å². The number of nitrogens with zero attached hydrogens (tertiary/aromatic N) is 3. The molecule has 0 spiro atoms. The molecule has 0 aliphatic rings. The van der Waals surface area contributed by atoms with E-state index in [1.807, 2.05) is 37.4 Å². The van der Waals surface area contributed by atoms with Crippen molar-refractivity contribution in [2.24, 2.45) is 5.10 Å². The quantitative estimate of drug-likeness (QED) is 0.482. The first-order valence-corrected chi connectivity index (χ1v) is 9.24. The van der Waals surface area contributed by atoms with Gasteiger partial charge in [-0.25, -0.2) is 0 Å². The summed E-state index contributed by atoms with van der Waals surface area (Å²) in [6.45, 7) is 8.31. The van der Waals surface area contributed by atoms with Crippen molar-refractivity contribution in [2.45, 2.75) is 20.8 Å². The van der Waals surface area contributed by atoms with Crippen LogP contribution in [0.2, 0.25) is 0 Å². The molecule has 0 bridgehead atoms. The number of aryl methyl sites for hydroxylation is 1. The zero-order chi connectivity index (χ0) is 19.2. The average molecular weight is 362 g/mol. The maximum Gasteiger partial charge on any atom is 0.119 e. The summed E-state index contributed by atoms with van der Waals surface area (Å²) in [5.41, 5.74) is 8.19. The Morgan fingerprint density at radius 1 is 1.07 bits per heavy atom. The summed E-state index contributed by atoms with van der Waals surface area (Å²) < 4.78 is 5.33. The normalized spacial score (nSPS) is 11.1. The van der Waals surface area contributed by atoms with Crippen LogP contribution in [-0.4, -0.2) is 31.4 Å². The molecule has 0 aliphatic carbocycles. The van der Waals surface area contributed by atoms with Crippen molar-refractivity contribution in [1.29, 1.82) is 0 Å². The molecule has 3 rings (SSSR count). The number of anilines is 2. The minimum atomic E-state index is 0.798. The Labute approximate surface area is 160 Å². The Morgan fingerprint density at radius 3 is 2.48 bits per heavy atom. The third-order valence-corrected chi connectivity index (χ3v) is 4.56. The standard InChI is InChI=1S/C22H26N4O/c1-5-26(6-2)18-9-7-17(8-10-18)15-23-25-22-13-16(3)24-21-12-11-19(27-4)14-20(21)22/h7-15H,5-6H2,1-4H3,(H,24,25). The van der Waals surface area contributed by atoms with Gasteiger partial charge in [-0.15, -0.1) is 0 Å². The fraction of sp³-hybridized carbons (Fsp3) is 0.273. The van der Waals surface area contributed by atoms with Crippen LogP contribution in [0.4, 0.5) is 11.4 Å². The molecule has 0 saturated carbocycles. The molecule has 5 nitrogen and oxygen atoms in total. The number of nitrogens with one attached hydrogen (secondary N) is 1. The van der Waals surface area contributed by atoms with Crippen molar-refractivity contribution < 1.29 is 4.74 Å². The van der Waals surface area contributed by atoms with E-state index in [0.717, 1.165) is 46.7 Å². The van der Waals surface area contributed by atoms with Gasteiger partial charge in [-0.05, 0) is 62.7 Å². The smallest absolute Gasteiger partial charge is 0.119 e. The lowest BCUT2D eigenvalue weighted by Crippen LogP contribution is -2.21. The first kappa shape index (κ1) is 18.7. The van der Waals surface area contributed by atoms with Crippen molar-refractivity contribution in [1.82, 2.24) is 4.98 Å². The van der Waals surface area contributed by atoms with E-state index in [1.54, 1.807) is 7.11 Å². The predicted molar refractivity (Wildman–Crippen MR) is 114 cm³/mol. The summed E-state index contributed by atoms with van der Waals surface area (Å²) in [6, 6.07) is 16.3. The van der Waals surface area contributed by atoms with Crippen LogP contribution in [0.25, 0.3) is 10.9 Å². The van der Waals surface area contributed by atoms with Crippen molar-refractivity contribution in [3.8, 4) is 5.75 Å². The van der Waals surface area contributed by atoms with Crippen molar-refractivity contribution in [3.63, 3.8) is 0 Å². The number of pyridine rings is 1. The Kier molecular flexibility index (Phi) is 5.91. The maximum absolute atomic E-state index is 5.33. The minimum Gasteiger partial charge on any atom is -0.497 e. The number of ether oxygens (including phenoxy) is 1. The van der Waals surface area contributed by atoms with Gasteiger partial charge < -0.3 is 9.64 Å². The van der Waals surface area contributed by atoms with Crippen LogP contribution >= 0.6 is 0 Å². The summed E-state index contributed by atoms with van der Waals surface area (Å²) in [6.07, 6.45) is 1.83. The first-order chi connectivity index (χ1) is 13.1. The highest BCUT2D eigenvalue weighted by Gasteiger charge is 2.05. The van der Waals surface area contributed by atoms with Crippen LogP contribution in [0.5, 0.6) is 5.75 Å². The average Bonchev–Trinajstić information content (AvgIpc) is 2.69. The largest absolute Gasteiger partial charge is 0.497 e. The molecular weight excluding hydrogens is 336 g/mol. The lowest BCUT2D eigenvalue weighted by Gasteiger charge is -2.20. The highest BCUT2D eigenvalue weighted by atomic mass is 16.5. The molecule has 0 amide bonds. The van der Waals surface area contributed by atoms with Gasteiger partial charge in [-0.3, -0.25) is 10.4 Å². The van der Waals surface area contributed by atoms with E-state index < -0.39 is 0 Å². The first-order valence-electron chi connectivity index (χ1n) is 9.24. The number of rotatable bonds is 7. The van der Waals surface area contributed by atoms with Crippen molar-refractivity contribution >= 4 is 28.5 Å². The van der Waals surface area contributed by atoms with Gasteiger partial charge >= 0.3 is 0 Å². The summed E-state index contributed by atoms with van der Waals surface area (Å²) in [5.74, 6) is 0.798. The van der Waals surface area contributed by atoms with E-state index in [9.17, 15) is 0 Å². The van der Waals surface area contributed by atoms with Crippen LogP contribution in [0.3, 0.4) is 0 Å². The Bertz CT molecular complexity index is 931. The highest BCUT2D eigenvalue weighted by molar-refractivity contribution is 5.93. The maximum atomic E-state index is 5.33. The van der Waals surface area contributed by atoms with Gasteiger partial charge in [0.15, 0.2) is 0 Å².